The van der Waals surface area contributed by atoms with Gasteiger partial charge in [0.05, 0.1) is 13.3 Å². The number of ether oxygens (including phenoxy) is 1. The summed E-state index contributed by atoms with van der Waals surface area (Å²) in [7, 11) is 1.24. The summed E-state index contributed by atoms with van der Waals surface area (Å²) >= 11 is 0. The van der Waals surface area contributed by atoms with E-state index < -0.39 is 12.1 Å². The van der Waals surface area contributed by atoms with Crippen LogP contribution in [0.15, 0.2) is 18.6 Å². The number of alkyl carbamates (subject to hydrolysis) is 1. The van der Waals surface area contributed by atoms with E-state index in [1.165, 1.54) is 25.7 Å². The number of carbonyl (C=O) groups excluding carboxylic acids is 3. The van der Waals surface area contributed by atoms with Crippen molar-refractivity contribution < 1.29 is 19.1 Å². The number of aromatic nitrogens is 2. The fourth-order valence-corrected chi connectivity index (χ4v) is 2.48. The molecule has 1 aliphatic heterocycles. The maximum atomic E-state index is 12.4. The molecule has 1 unspecified atom stereocenters. The van der Waals surface area contributed by atoms with Gasteiger partial charge in [-0.15, -0.1) is 0 Å². The van der Waals surface area contributed by atoms with Crippen molar-refractivity contribution in [3.8, 4) is 0 Å². The van der Waals surface area contributed by atoms with Crippen LogP contribution in [0.5, 0.6) is 0 Å². The Hall–Kier alpha value is -2.71. The van der Waals surface area contributed by atoms with Crippen molar-refractivity contribution in [1.29, 1.82) is 0 Å². The third kappa shape index (κ3) is 4.40. The van der Waals surface area contributed by atoms with Crippen LogP contribution in [0.25, 0.3) is 0 Å². The Morgan fingerprint density at radius 1 is 1.17 bits per heavy atom. The number of rotatable bonds is 3. The highest BCUT2D eigenvalue weighted by molar-refractivity contribution is 5.92. The standard InChI is InChI=1S/C15H21N5O4/c1-11(18-15(23)24-2)13(21)19-6-3-7-20(9-8-19)14(22)12-10-16-4-5-17-12/h4-5,10-11H,3,6-9H2,1-2H3,(H,18,23). The molecule has 0 spiro atoms. The number of hydrogen-bond acceptors (Lipinski definition) is 6. The second-order valence-electron chi connectivity index (χ2n) is 5.42. The van der Waals surface area contributed by atoms with E-state index in [0.29, 0.717) is 32.6 Å². The average molecular weight is 335 g/mol. The maximum Gasteiger partial charge on any atom is 0.407 e. The average Bonchev–Trinajstić information content (AvgIpc) is 2.87. The van der Waals surface area contributed by atoms with Crippen LogP contribution in [0.3, 0.4) is 0 Å². The quantitative estimate of drug-likeness (QED) is 0.827. The van der Waals surface area contributed by atoms with Crippen LogP contribution in [0.1, 0.15) is 23.8 Å². The SMILES string of the molecule is COC(=O)NC(C)C(=O)N1CCCN(C(=O)c2cnccn2)CC1. The first-order valence-electron chi connectivity index (χ1n) is 7.71. The number of carbonyl (C=O) groups is 3. The van der Waals surface area contributed by atoms with Crippen LogP contribution in [0, 0.1) is 0 Å². The van der Waals surface area contributed by atoms with Gasteiger partial charge in [-0.2, -0.15) is 0 Å². The molecule has 130 valence electrons. The Labute approximate surface area is 140 Å². The van der Waals surface area contributed by atoms with E-state index in [1.807, 2.05) is 0 Å². The molecule has 1 aromatic heterocycles. The summed E-state index contributed by atoms with van der Waals surface area (Å²) in [6.07, 6.45) is 4.42. The van der Waals surface area contributed by atoms with Gasteiger partial charge in [0.25, 0.3) is 5.91 Å². The number of hydrogen-bond donors (Lipinski definition) is 1. The number of nitrogens with zero attached hydrogens (tertiary/aromatic N) is 4. The lowest BCUT2D eigenvalue weighted by atomic mass is 10.2. The van der Waals surface area contributed by atoms with Crippen LogP contribution < -0.4 is 5.32 Å². The van der Waals surface area contributed by atoms with Gasteiger partial charge in [0.1, 0.15) is 11.7 Å². The molecular formula is C15H21N5O4. The fourth-order valence-electron chi connectivity index (χ4n) is 2.48. The van der Waals surface area contributed by atoms with Crippen molar-refractivity contribution in [2.75, 3.05) is 33.3 Å². The van der Waals surface area contributed by atoms with Gasteiger partial charge < -0.3 is 19.9 Å². The lowest BCUT2D eigenvalue weighted by Crippen LogP contribution is -2.48. The molecular weight excluding hydrogens is 314 g/mol. The predicted molar refractivity (Wildman–Crippen MR) is 84.1 cm³/mol. The van der Waals surface area contributed by atoms with E-state index in [4.69, 9.17) is 0 Å². The van der Waals surface area contributed by atoms with Gasteiger partial charge in [-0.05, 0) is 13.3 Å². The van der Waals surface area contributed by atoms with Crippen LogP contribution in [0.2, 0.25) is 0 Å². The monoisotopic (exact) mass is 335 g/mol. The molecule has 9 nitrogen and oxygen atoms in total. The molecule has 1 saturated heterocycles. The molecule has 0 bridgehead atoms. The highest BCUT2D eigenvalue weighted by atomic mass is 16.5. The van der Waals surface area contributed by atoms with Gasteiger partial charge in [0, 0.05) is 38.6 Å². The Morgan fingerprint density at radius 3 is 2.54 bits per heavy atom. The summed E-state index contributed by atoms with van der Waals surface area (Å²) in [5.74, 6) is -0.396. The zero-order valence-electron chi connectivity index (χ0n) is 13.8. The molecule has 1 aromatic rings. The molecule has 1 atom stereocenters. The number of nitrogens with one attached hydrogen (secondary N) is 1. The third-order valence-corrected chi connectivity index (χ3v) is 3.77. The minimum atomic E-state index is -0.681. The smallest absolute Gasteiger partial charge is 0.407 e. The summed E-state index contributed by atoms with van der Waals surface area (Å²) in [5, 5.41) is 2.46. The topological polar surface area (TPSA) is 105 Å². The van der Waals surface area contributed by atoms with E-state index >= 15 is 0 Å². The van der Waals surface area contributed by atoms with Crippen molar-refractivity contribution in [3.05, 3.63) is 24.3 Å². The van der Waals surface area contributed by atoms with Gasteiger partial charge in [-0.25, -0.2) is 9.78 Å². The molecule has 2 heterocycles. The van der Waals surface area contributed by atoms with Crippen molar-refractivity contribution in [2.45, 2.75) is 19.4 Å². The number of amides is 3. The van der Waals surface area contributed by atoms with Crippen LogP contribution in [0.4, 0.5) is 4.79 Å². The second-order valence-corrected chi connectivity index (χ2v) is 5.42. The summed E-state index contributed by atoms with van der Waals surface area (Å²) in [6.45, 7) is 3.48. The van der Waals surface area contributed by atoms with Crippen LogP contribution in [-0.2, 0) is 9.53 Å². The first-order chi connectivity index (χ1) is 11.5. The molecule has 1 N–H and O–H groups in total. The molecule has 24 heavy (non-hydrogen) atoms. The largest absolute Gasteiger partial charge is 0.453 e. The normalized spacial score (nSPS) is 16.1. The minimum absolute atomic E-state index is 0.196. The zero-order chi connectivity index (χ0) is 17.5. The summed E-state index contributed by atoms with van der Waals surface area (Å²) in [4.78, 5) is 47.2. The molecule has 0 aliphatic carbocycles. The van der Waals surface area contributed by atoms with Crippen LogP contribution in [-0.4, -0.2) is 77.0 Å². The zero-order valence-corrected chi connectivity index (χ0v) is 13.8. The molecule has 1 fully saturated rings. The summed E-state index contributed by atoms with van der Waals surface area (Å²) in [6, 6.07) is -0.681. The Bertz CT molecular complexity index is 595. The van der Waals surface area contributed by atoms with E-state index in [-0.39, 0.29) is 17.5 Å². The third-order valence-electron chi connectivity index (χ3n) is 3.77. The Kier molecular flexibility index (Phi) is 6.05. The van der Waals surface area contributed by atoms with Gasteiger partial charge in [0.15, 0.2) is 0 Å². The minimum Gasteiger partial charge on any atom is -0.453 e. The first-order valence-corrected chi connectivity index (χ1v) is 7.71. The predicted octanol–water partition coefficient (Wildman–Crippen LogP) is -0.104. The molecule has 0 radical (unpaired) electrons. The summed E-state index contributed by atoms with van der Waals surface area (Å²) in [5.41, 5.74) is 0.290. The molecule has 2 rings (SSSR count). The van der Waals surface area contributed by atoms with E-state index in [2.05, 4.69) is 20.0 Å². The molecule has 9 heteroatoms. The summed E-state index contributed by atoms with van der Waals surface area (Å²) < 4.78 is 4.49. The van der Waals surface area contributed by atoms with Crippen LogP contribution >= 0.6 is 0 Å². The molecule has 0 aromatic carbocycles. The lowest BCUT2D eigenvalue weighted by molar-refractivity contribution is -0.132. The molecule has 0 saturated carbocycles. The Morgan fingerprint density at radius 2 is 1.88 bits per heavy atom. The van der Waals surface area contributed by atoms with E-state index in [9.17, 15) is 14.4 Å². The van der Waals surface area contributed by atoms with E-state index in [1.54, 1.807) is 16.7 Å². The van der Waals surface area contributed by atoms with Gasteiger partial charge >= 0.3 is 6.09 Å². The first kappa shape index (κ1) is 17.6. The van der Waals surface area contributed by atoms with E-state index in [0.717, 1.165) is 0 Å². The van der Waals surface area contributed by atoms with Crippen molar-refractivity contribution >= 4 is 17.9 Å². The highest BCUT2D eigenvalue weighted by Gasteiger charge is 2.26. The molecule has 1 aliphatic rings. The van der Waals surface area contributed by atoms with Crippen molar-refractivity contribution in [2.24, 2.45) is 0 Å². The number of methoxy groups -OCH3 is 1. The van der Waals surface area contributed by atoms with Gasteiger partial charge in [-0.1, -0.05) is 0 Å². The Balaban J connectivity index is 1.93. The molecule has 3 amide bonds. The lowest BCUT2D eigenvalue weighted by Gasteiger charge is -2.24. The highest BCUT2D eigenvalue weighted by Crippen LogP contribution is 2.08. The fraction of sp³-hybridized carbons (Fsp3) is 0.533. The van der Waals surface area contributed by atoms with Crippen molar-refractivity contribution in [1.82, 2.24) is 25.1 Å². The van der Waals surface area contributed by atoms with Gasteiger partial charge in [-0.3, -0.25) is 14.6 Å². The second kappa shape index (κ2) is 8.23. The maximum absolute atomic E-state index is 12.4. The van der Waals surface area contributed by atoms with Gasteiger partial charge in [0.2, 0.25) is 5.91 Å². The van der Waals surface area contributed by atoms with Crippen molar-refractivity contribution in [3.63, 3.8) is 0 Å².